The fraction of sp³-hybridized carbons (Fsp3) is 0.545. The van der Waals surface area contributed by atoms with Crippen molar-refractivity contribution in [1.29, 1.82) is 0 Å². The first-order valence-corrected chi connectivity index (χ1v) is 7.34. The Morgan fingerprint density at radius 2 is 2.06 bits per heavy atom. The second-order valence-electron chi connectivity index (χ2n) is 4.15. The molecule has 1 heterocycles. The zero-order chi connectivity index (χ0) is 12.9. The van der Waals surface area contributed by atoms with Crippen molar-refractivity contribution in [2.75, 3.05) is 11.5 Å². The van der Waals surface area contributed by atoms with E-state index in [0.717, 1.165) is 0 Å². The number of aryl methyl sites for hydroxylation is 1. The minimum absolute atomic E-state index is 0.0242. The smallest absolute Gasteiger partial charge is 0.250 e. The number of pyridine rings is 1. The Balaban J connectivity index is 2.56. The number of nitrogens with zero attached hydrogens (tertiary/aromatic N) is 1. The van der Waals surface area contributed by atoms with E-state index in [-0.39, 0.29) is 29.7 Å². The van der Waals surface area contributed by atoms with Gasteiger partial charge in [-0.25, -0.2) is 8.42 Å². The fourth-order valence-corrected chi connectivity index (χ4v) is 2.76. The van der Waals surface area contributed by atoms with E-state index in [1.54, 1.807) is 25.3 Å². The standard InChI is InChI=1S/C11H18N2O3S/c1-10(12)5-8-17(15,16)9-7-13-6-3-2-4-11(13)14/h2-4,6,10H,5,7-9,12H2,1H3. The van der Waals surface area contributed by atoms with Crippen molar-refractivity contribution in [3.8, 4) is 0 Å². The van der Waals surface area contributed by atoms with Gasteiger partial charge in [-0.15, -0.1) is 0 Å². The Morgan fingerprint density at radius 3 is 2.65 bits per heavy atom. The van der Waals surface area contributed by atoms with Crippen molar-refractivity contribution < 1.29 is 8.42 Å². The average molecular weight is 258 g/mol. The molecular formula is C11H18N2O3S. The van der Waals surface area contributed by atoms with E-state index in [1.807, 2.05) is 0 Å². The molecule has 5 nitrogen and oxygen atoms in total. The van der Waals surface area contributed by atoms with Crippen molar-refractivity contribution >= 4 is 9.84 Å². The van der Waals surface area contributed by atoms with Crippen molar-refractivity contribution in [3.63, 3.8) is 0 Å². The molecule has 2 N–H and O–H groups in total. The van der Waals surface area contributed by atoms with E-state index < -0.39 is 9.84 Å². The Hall–Kier alpha value is -1.14. The summed E-state index contributed by atoms with van der Waals surface area (Å²) in [5.41, 5.74) is 5.33. The summed E-state index contributed by atoms with van der Waals surface area (Å²) >= 11 is 0. The van der Waals surface area contributed by atoms with Crippen LogP contribution in [0, 0.1) is 0 Å². The maximum Gasteiger partial charge on any atom is 0.250 e. The lowest BCUT2D eigenvalue weighted by molar-refractivity contribution is 0.579. The second kappa shape index (κ2) is 5.97. The summed E-state index contributed by atoms with van der Waals surface area (Å²) in [6, 6.07) is 4.62. The van der Waals surface area contributed by atoms with Gasteiger partial charge in [0.05, 0.1) is 11.5 Å². The molecule has 0 saturated heterocycles. The van der Waals surface area contributed by atoms with Crippen LogP contribution in [0.4, 0.5) is 0 Å². The van der Waals surface area contributed by atoms with Gasteiger partial charge < -0.3 is 10.3 Å². The summed E-state index contributed by atoms with van der Waals surface area (Å²) in [6.07, 6.45) is 2.04. The number of nitrogens with two attached hydrogens (primary N) is 1. The van der Waals surface area contributed by atoms with E-state index in [1.165, 1.54) is 10.6 Å². The molecule has 0 saturated carbocycles. The molecule has 1 aromatic heterocycles. The summed E-state index contributed by atoms with van der Waals surface area (Å²) in [6.45, 7) is 1.97. The van der Waals surface area contributed by atoms with Crippen molar-refractivity contribution in [2.24, 2.45) is 5.73 Å². The molecule has 0 aliphatic heterocycles. The summed E-state index contributed by atoms with van der Waals surface area (Å²) in [5.74, 6) is 0.0515. The van der Waals surface area contributed by atoms with Gasteiger partial charge in [0.2, 0.25) is 0 Å². The minimum atomic E-state index is -3.13. The molecule has 0 amide bonds. The van der Waals surface area contributed by atoms with E-state index >= 15 is 0 Å². The van der Waals surface area contributed by atoms with E-state index in [9.17, 15) is 13.2 Å². The van der Waals surface area contributed by atoms with E-state index in [0.29, 0.717) is 6.42 Å². The lowest BCUT2D eigenvalue weighted by atomic mass is 10.3. The van der Waals surface area contributed by atoms with Gasteiger partial charge in [0, 0.05) is 24.8 Å². The van der Waals surface area contributed by atoms with Crippen LogP contribution in [0.5, 0.6) is 0 Å². The molecule has 0 aromatic carbocycles. The van der Waals surface area contributed by atoms with Gasteiger partial charge in [-0.1, -0.05) is 6.07 Å². The highest BCUT2D eigenvalue weighted by Gasteiger charge is 2.12. The molecule has 0 bridgehead atoms. The third kappa shape index (κ3) is 5.14. The molecule has 0 aliphatic rings. The first-order valence-electron chi connectivity index (χ1n) is 5.52. The van der Waals surface area contributed by atoms with E-state index in [2.05, 4.69) is 0 Å². The quantitative estimate of drug-likeness (QED) is 0.778. The van der Waals surface area contributed by atoms with Crippen molar-refractivity contribution in [2.45, 2.75) is 25.9 Å². The third-order valence-electron chi connectivity index (χ3n) is 2.43. The number of hydrogen-bond donors (Lipinski definition) is 1. The van der Waals surface area contributed by atoms with Gasteiger partial charge in [0.25, 0.3) is 5.56 Å². The molecule has 96 valence electrons. The minimum Gasteiger partial charge on any atom is -0.328 e. The monoisotopic (exact) mass is 258 g/mol. The first-order chi connectivity index (χ1) is 7.91. The molecular weight excluding hydrogens is 240 g/mol. The average Bonchev–Trinajstić information content (AvgIpc) is 2.26. The van der Waals surface area contributed by atoms with Crippen LogP contribution in [-0.2, 0) is 16.4 Å². The molecule has 17 heavy (non-hydrogen) atoms. The fourth-order valence-electron chi connectivity index (χ4n) is 1.35. The molecule has 1 rings (SSSR count). The van der Waals surface area contributed by atoms with Gasteiger partial charge in [0.1, 0.15) is 0 Å². The van der Waals surface area contributed by atoms with Crippen LogP contribution in [0.2, 0.25) is 0 Å². The number of aromatic nitrogens is 1. The SMILES string of the molecule is CC(N)CCS(=O)(=O)CCn1ccccc1=O. The lowest BCUT2D eigenvalue weighted by Gasteiger charge is -2.08. The summed E-state index contributed by atoms with van der Waals surface area (Å²) < 4.78 is 24.7. The molecule has 0 fully saturated rings. The topological polar surface area (TPSA) is 82.2 Å². The van der Waals surface area contributed by atoms with Crippen LogP contribution in [0.25, 0.3) is 0 Å². The van der Waals surface area contributed by atoms with Gasteiger partial charge in [-0.05, 0) is 19.4 Å². The molecule has 1 aromatic rings. The molecule has 0 aliphatic carbocycles. The zero-order valence-corrected chi connectivity index (χ0v) is 10.7. The highest BCUT2D eigenvalue weighted by atomic mass is 32.2. The third-order valence-corrected chi connectivity index (χ3v) is 4.09. The summed E-state index contributed by atoms with van der Waals surface area (Å²) in [4.78, 5) is 11.4. The van der Waals surface area contributed by atoms with E-state index in [4.69, 9.17) is 5.73 Å². The molecule has 1 atom stereocenters. The normalized spacial score (nSPS) is 13.5. The molecule has 6 heteroatoms. The Kier molecular flexibility index (Phi) is 4.89. The highest BCUT2D eigenvalue weighted by molar-refractivity contribution is 7.91. The molecule has 0 radical (unpaired) electrons. The number of rotatable bonds is 6. The van der Waals surface area contributed by atoms with Crippen molar-refractivity contribution in [3.05, 3.63) is 34.7 Å². The van der Waals surface area contributed by atoms with Crippen LogP contribution in [0.15, 0.2) is 29.2 Å². The number of sulfone groups is 1. The highest BCUT2D eigenvalue weighted by Crippen LogP contribution is 1.98. The molecule has 0 spiro atoms. The molecule has 1 unspecified atom stereocenters. The second-order valence-corrected chi connectivity index (χ2v) is 6.45. The Labute approximate surface area is 101 Å². The van der Waals surface area contributed by atoms with Crippen LogP contribution in [0.1, 0.15) is 13.3 Å². The van der Waals surface area contributed by atoms with Crippen molar-refractivity contribution in [1.82, 2.24) is 4.57 Å². The van der Waals surface area contributed by atoms with Crippen LogP contribution in [0.3, 0.4) is 0 Å². The Bertz CT molecular complexity index is 505. The van der Waals surface area contributed by atoms with Gasteiger partial charge in [-0.2, -0.15) is 0 Å². The maximum atomic E-state index is 11.6. The van der Waals surface area contributed by atoms with Crippen LogP contribution in [-0.4, -0.2) is 30.5 Å². The van der Waals surface area contributed by atoms with Gasteiger partial charge >= 0.3 is 0 Å². The van der Waals surface area contributed by atoms with Gasteiger partial charge in [0.15, 0.2) is 9.84 Å². The van der Waals surface area contributed by atoms with Crippen LogP contribution >= 0.6 is 0 Å². The predicted molar refractivity (Wildman–Crippen MR) is 67.6 cm³/mol. The lowest BCUT2D eigenvalue weighted by Crippen LogP contribution is -2.26. The maximum absolute atomic E-state index is 11.6. The summed E-state index contributed by atoms with van der Waals surface area (Å²) in [7, 11) is -3.13. The first kappa shape index (κ1) is 13.9. The number of hydrogen-bond acceptors (Lipinski definition) is 4. The van der Waals surface area contributed by atoms with Gasteiger partial charge in [-0.3, -0.25) is 4.79 Å². The predicted octanol–water partition coefficient (Wildman–Crippen LogP) is 0.000400. The summed E-state index contributed by atoms with van der Waals surface area (Å²) in [5, 5.41) is 0. The zero-order valence-electron chi connectivity index (χ0n) is 9.87. The Morgan fingerprint density at radius 1 is 1.35 bits per heavy atom. The van der Waals surface area contributed by atoms with Crippen LogP contribution < -0.4 is 11.3 Å². The largest absolute Gasteiger partial charge is 0.328 e.